The fourth-order valence-corrected chi connectivity index (χ4v) is 1.91. The largest absolute Gasteiger partial charge is 0.381 e. The Morgan fingerprint density at radius 1 is 1.25 bits per heavy atom. The average Bonchev–Trinajstić information content (AvgIpc) is 2.12. The second kappa shape index (κ2) is 3.29. The van der Waals surface area contributed by atoms with Crippen LogP contribution in [0, 0.1) is 0 Å². The van der Waals surface area contributed by atoms with E-state index in [4.69, 9.17) is 9.29 Å². The SMILES string of the molecule is O=S(=O)(O)C1(O)CCCOCC1. The molecule has 1 unspecified atom stereocenters. The highest BCUT2D eigenvalue weighted by Gasteiger charge is 2.40. The van der Waals surface area contributed by atoms with Crippen molar-refractivity contribution in [1.82, 2.24) is 0 Å². The van der Waals surface area contributed by atoms with Gasteiger partial charge in [0.15, 0.2) is 4.93 Å². The molecule has 0 saturated carbocycles. The van der Waals surface area contributed by atoms with Crippen molar-refractivity contribution < 1.29 is 22.8 Å². The molecule has 1 heterocycles. The van der Waals surface area contributed by atoms with E-state index in [0.717, 1.165) is 0 Å². The van der Waals surface area contributed by atoms with Crippen LogP contribution in [0.4, 0.5) is 0 Å². The fourth-order valence-electron chi connectivity index (χ4n) is 1.17. The van der Waals surface area contributed by atoms with E-state index in [1.807, 2.05) is 0 Å². The molecule has 1 fully saturated rings. The van der Waals surface area contributed by atoms with Crippen LogP contribution in [0.15, 0.2) is 0 Å². The number of hydrogen-bond donors (Lipinski definition) is 2. The highest BCUT2D eigenvalue weighted by molar-refractivity contribution is 7.87. The lowest BCUT2D eigenvalue weighted by Gasteiger charge is -2.21. The predicted molar refractivity (Wildman–Crippen MR) is 41.2 cm³/mol. The van der Waals surface area contributed by atoms with Gasteiger partial charge in [0.05, 0.1) is 6.61 Å². The third kappa shape index (κ3) is 1.95. The summed E-state index contributed by atoms with van der Waals surface area (Å²) in [6, 6.07) is 0. The van der Waals surface area contributed by atoms with Crippen molar-refractivity contribution in [2.24, 2.45) is 0 Å². The zero-order chi connectivity index (χ0) is 9.24. The number of hydrogen-bond acceptors (Lipinski definition) is 4. The Bertz CT molecular complexity index is 237. The van der Waals surface area contributed by atoms with Crippen molar-refractivity contribution in [3.05, 3.63) is 0 Å². The highest BCUT2D eigenvalue weighted by Crippen LogP contribution is 2.25. The summed E-state index contributed by atoms with van der Waals surface area (Å²) >= 11 is 0. The van der Waals surface area contributed by atoms with Gasteiger partial charge in [-0.15, -0.1) is 0 Å². The Morgan fingerprint density at radius 3 is 2.50 bits per heavy atom. The molecule has 1 aliphatic rings. The first-order valence-corrected chi connectivity index (χ1v) is 5.17. The van der Waals surface area contributed by atoms with Gasteiger partial charge in [0, 0.05) is 13.0 Å². The molecule has 0 aromatic heterocycles. The predicted octanol–water partition coefficient (Wildman–Crippen LogP) is -0.237. The van der Waals surface area contributed by atoms with Crippen LogP contribution in [0.3, 0.4) is 0 Å². The van der Waals surface area contributed by atoms with E-state index in [1.165, 1.54) is 0 Å². The molecule has 0 bridgehead atoms. The van der Waals surface area contributed by atoms with Crippen molar-refractivity contribution >= 4 is 10.1 Å². The summed E-state index contributed by atoms with van der Waals surface area (Å²) < 4.78 is 35.1. The normalized spacial score (nSPS) is 32.8. The number of aliphatic hydroxyl groups is 1. The molecule has 1 aliphatic heterocycles. The molecule has 0 spiro atoms. The van der Waals surface area contributed by atoms with Gasteiger partial charge in [-0.05, 0) is 12.8 Å². The minimum absolute atomic E-state index is 0.0336. The maximum atomic E-state index is 10.7. The number of ether oxygens (including phenoxy) is 1. The van der Waals surface area contributed by atoms with Gasteiger partial charge >= 0.3 is 0 Å². The third-order valence-corrected chi connectivity index (χ3v) is 3.34. The van der Waals surface area contributed by atoms with Gasteiger partial charge in [-0.2, -0.15) is 8.42 Å². The topological polar surface area (TPSA) is 83.8 Å². The van der Waals surface area contributed by atoms with Crippen LogP contribution in [0.5, 0.6) is 0 Å². The second-order valence-electron chi connectivity index (χ2n) is 2.89. The summed E-state index contributed by atoms with van der Waals surface area (Å²) in [5, 5.41) is 9.47. The summed E-state index contributed by atoms with van der Waals surface area (Å²) in [6.45, 7) is 0.591. The lowest BCUT2D eigenvalue weighted by atomic mass is 10.1. The van der Waals surface area contributed by atoms with Gasteiger partial charge in [0.1, 0.15) is 0 Å². The summed E-state index contributed by atoms with van der Waals surface area (Å²) in [5.74, 6) is 0. The van der Waals surface area contributed by atoms with Crippen molar-refractivity contribution in [1.29, 1.82) is 0 Å². The van der Waals surface area contributed by atoms with E-state index in [0.29, 0.717) is 13.0 Å². The standard InChI is InChI=1S/C6H12O5S/c7-6(12(8,9)10)2-1-4-11-5-3-6/h7H,1-5H2,(H,8,9,10). The number of rotatable bonds is 1. The Hall–Kier alpha value is -0.170. The fraction of sp³-hybridized carbons (Fsp3) is 1.00. The van der Waals surface area contributed by atoms with Crippen LogP contribution in [-0.2, 0) is 14.9 Å². The zero-order valence-electron chi connectivity index (χ0n) is 6.56. The monoisotopic (exact) mass is 196 g/mol. The Balaban J connectivity index is 2.81. The van der Waals surface area contributed by atoms with Crippen LogP contribution in [0.2, 0.25) is 0 Å². The average molecular weight is 196 g/mol. The van der Waals surface area contributed by atoms with Gasteiger partial charge in [-0.3, -0.25) is 4.55 Å². The van der Waals surface area contributed by atoms with Crippen molar-refractivity contribution in [3.8, 4) is 0 Å². The molecule has 1 saturated heterocycles. The quantitative estimate of drug-likeness (QED) is 0.566. The van der Waals surface area contributed by atoms with Gasteiger partial charge in [-0.25, -0.2) is 0 Å². The minimum atomic E-state index is -4.37. The van der Waals surface area contributed by atoms with Crippen LogP contribution < -0.4 is 0 Å². The van der Waals surface area contributed by atoms with E-state index in [1.54, 1.807) is 0 Å². The van der Waals surface area contributed by atoms with E-state index in [9.17, 15) is 13.5 Å². The molecule has 5 nitrogen and oxygen atoms in total. The maximum absolute atomic E-state index is 10.7. The van der Waals surface area contributed by atoms with Gasteiger partial charge in [-0.1, -0.05) is 0 Å². The molecular formula is C6H12O5S. The molecular weight excluding hydrogens is 184 g/mol. The van der Waals surface area contributed by atoms with Crippen LogP contribution in [0.1, 0.15) is 19.3 Å². The lowest BCUT2D eigenvalue weighted by Crippen LogP contribution is -2.38. The molecule has 0 radical (unpaired) electrons. The molecule has 1 rings (SSSR count). The zero-order valence-corrected chi connectivity index (χ0v) is 7.38. The smallest absolute Gasteiger partial charge is 0.295 e. The summed E-state index contributed by atoms with van der Waals surface area (Å²) in [6.07, 6.45) is 0.411. The Labute approximate surface area is 71.1 Å². The van der Waals surface area contributed by atoms with Gasteiger partial charge < -0.3 is 9.84 Å². The molecule has 1 atom stereocenters. The maximum Gasteiger partial charge on any atom is 0.295 e. The van der Waals surface area contributed by atoms with E-state index >= 15 is 0 Å². The molecule has 6 heteroatoms. The van der Waals surface area contributed by atoms with Crippen molar-refractivity contribution in [2.45, 2.75) is 24.2 Å². The second-order valence-corrected chi connectivity index (χ2v) is 4.60. The summed E-state index contributed by atoms with van der Waals surface area (Å²) in [4.78, 5) is -2.00. The highest BCUT2D eigenvalue weighted by atomic mass is 32.2. The minimum Gasteiger partial charge on any atom is -0.381 e. The van der Waals surface area contributed by atoms with Crippen LogP contribution >= 0.6 is 0 Å². The lowest BCUT2D eigenvalue weighted by molar-refractivity contribution is 0.0816. The molecule has 0 aliphatic carbocycles. The molecule has 0 aromatic rings. The van der Waals surface area contributed by atoms with Crippen LogP contribution in [-0.4, -0.2) is 36.2 Å². The van der Waals surface area contributed by atoms with E-state index in [2.05, 4.69) is 0 Å². The van der Waals surface area contributed by atoms with E-state index in [-0.39, 0.29) is 19.4 Å². The molecule has 72 valence electrons. The van der Waals surface area contributed by atoms with Gasteiger partial charge in [0.2, 0.25) is 0 Å². The molecule has 2 N–H and O–H groups in total. The first kappa shape index (κ1) is 9.91. The van der Waals surface area contributed by atoms with Crippen molar-refractivity contribution in [2.75, 3.05) is 13.2 Å². The Kier molecular flexibility index (Phi) is 2.72. The Morgan fingerprint density at radius 2 is 1.92 bits per heavy atom. The summed E-state index contributed by atoms with van der Waals surface area (Å²) in [7, 11) is -4.37. The third-order valence-electron chi connectivity index (χ3n) is 1.97. The van der Waals surface area contributed by atoms with Crippen LogP contribution in [0.25, 0.3) is 0 Å². The van der Waals surface area contributed by atoms with Gasteiger partial charge in [0.25, 0.3) is 10.1 Å². The first-order valence-electron chi connectivity index (χ1n) is 3.73. The first-order chi connectivity index (χ1) is 5.46. The molecule has 12 heavy (non-hydrogen) atoms. The summed E-state index contributed by atoms with van der Waals surface area (Å²) in [5.41, 5.74) is 0. The molecule has 0 aromatic carbocycles. The van der Waals surface area contributed by atoms with Crippen molar-refractivity contribution in [3.63, 3.8) is 0 Å². The molecule has 0 amide bonds. The van der Waals surface area contributed by atoms with E-state index < -0.39 is 15.1 Å².